The van der Waals surface area contributed by atoms with Gasteiger partial charge in [-0.25, -0.2) is 4.57 Å². The number of benzene rings is 2. The van der Waals surface area contributed by atoms with Crippen molar-refractivity contribution in [2.24, 2.45) is 0 Å². The van der Waals surface area contributed by atoms with Crippen LogP contribution >= 0.6 is 19.5 Å². The van der Waals surface area contributed by atoms with Gasteiger partial charge in [0.25, 0.3) is 0 Å². The van der Waals surface area contributed by atoms with Crippen LogP contribution in [-0.4, -0.2) is 11.4 Å². The Morgan fingerprint density at radius 3 is 1.83 bits per heavy atom. The molecule has 2 aromatic rings. The van der Waals surface area contributed by atoms with E-state index in [9.17, 15) is 4.57 Å². The zero-order valence-corrected chi connectivity index (χ0v) is 14.5. The second kappa shape index (κ2) is 8.89. The highest BCUT2D eigenvalue weighted by Gasteiger charge is 2.26. The molecule has 0 aromatic heterocycles. The first-order valence-electron chi connectivity index (χ1n) is 6.99. The van der Waals surface area contributed by atoms with Gasteiger partial charge in [0.05, 0.1) is 13.2 Å². The highest BCUT2D eigenvalue weighted by Crippen LogP contribution is 2.45. The summed E-state index contributed by atoms with van der Waals surface area (Å²) in [4.78, 5) is 0. The Kier molecular flexibility index (Phi) is 6.86. The second-order valence-electron chi connectivity index (χ2n) is 4.66. The van der Waals surface area contributed by atoms with E-state index in [1.807, 2.05) is 60.7 Å². The third-order valence-electron chi connectivity index (χ3n) is 2.93. The molecule has 0 saturated carbocycles. The van der Waals surface area contributed by atoms with Crippen LogP contribution in [0.4, 0.5) is 0 Å². The maximum atomic E-state index is 12.8. The van der Waals surface area contributed by atoms with Gasteiger partial charge in [-0.2, -0.15) is 0 Å². The van der Waals surface area contributed by atoms with E-state index in [-0.39, 0.29) is 18.4 Å². The van der Waals surface area contributed by atoms with Crippen LogP contribution in [-0.2, 0) is 26.8 Å². The van der Waals surface area contributed by atoms with Crippen LogP contribution in [0.25, 0.3) is 0 Å². The predicted octanol–water partition coefficient (Wildman–Crippen LogP) is 4.42. The third-order valence-corrected chi connectivity index (χ3v) is 5.03. The average Bonchev–Trinajstić information content (AvgIpc) is 2.60. The highest BCUT2D eigenvalue weighted by atomic mass is 32.2. The standard InChI is InChI=1S/C16H19N2O3PS/c1-23-16(17)18-22(19,20-12-14-8-4-2-5-9-14)21-13-15-10-6-3-7-11-15/h2-11H,12-13H2,1H3,(H2,17,18,19). The Labute approximate surface area is 140 Å². The smallest absolute Gasteiger partial charge is 0.287 e. The maximum absolute atomic E-state index is 12.8. The van der Waals surface area contributed by atoms with E-state index in [1.54, 1.807) is 6.26 Å². The summed E-state index contributed by atoms with van der Waals surface area (Å²) in [6.45, 7) is 0.281. The number of hydrogen-bond acceptors (Lipinski definition) is 5. The monoisotopic (exact) mass is 350 g/mol. The molecule has 0 aliphatic carbocycles. The van der Waals surface area contributed by atoms with Crippen LogP contribution in [0.2, 0.25) is 0 Å². The molecular weight excluding hydrogens is 331 g/mol. The van der Waals surface area contributed by atoms with E-state index in [0.29, 0.717) is 0 Å². The summed E-state index contributed by atoms with van der Waals surface area (Å²) < 4.78 is 23.8. The van der Waals surface area contributed by atoms with Crippen LogP contribution in [0.15, 0.2) is 60.7 Å². The van der Waals surface area contributed by atoms with Crippen molar-refractivity contribution in [2.75, 3.05) is 6.26 Å². The lowest BCUT2D eigenvalue weighted by atomic mass is 10.2. The molecule has 0 heterocycles. The largest absolute Gasteiger partial charge is 0.434 e. The molecule has 0 amide bonds. The Hall–Kier alpha value is -1.59. The van der Waals surface area contributed by atoms with E-state index in [0.717, 1.165) is 22.9 Å². The molecule has 23 heavy (non-hydrogen) atoms. The Balaban J connectivity index is 2.02. The Bertz CT molecular complexity index is 620. The van der Waals surface area contributed by atoms with Crippen molar-refractivity contribution in [3.05, 3.63) is 71.8 Å². The lowest BCUT2D eigenvalue weighted by Gasteiger charge is -2.19. The summed E-state index contributed by atoms with van der Waals surface area (Å²) in [5.41, 5.74) is 1.77. The zero-order chi connectivity index (χ0) is 16.5. The fourth-order valence-electron chi connectivity index (χ4n) is 1.74. The fourth-order valence-corrected chi connectivity index (χ4v) is 3.53. The van der Waals surface area contributed by atoms with Crippen molar-refractivity contribution in [1.82, 2.24) is 5.09 Å². The van der Waals surface area contributed by atoms with Gasteiger partial charge >= 0.3 is 7.75 Å². The third kappa shape index (κ3) is 6.20. The van der Waals surface area contributed by atoms with Crippen LogP contribution in [0.1, 0.15) is 11.1 Å². The number of hydrogen-bond donors (Lipinski definition) is 2. The summed E-state index contributed by atoms with van der Waals surface area (Å²) in [5.74, 6) is 0. The molecule has 0 saturated heterocycles. The minimum atomic E-state index is -3.62. The van der Waals surface area contributed by atoms with Crippen LogP contribution in [0.3, 0.4) is 0 Å². The Morgan fingerprint density at radius 2 is 1.43 bits per heavy atom. The minimum Gasteiger partial charge on any atom is -0.287 e. The van der Waals surface area contributed by atoms with Gasteiger partial charge in [0, 0.05) is 0 Å². The van der Waals surface area contributed by atoms with Crippen LogP contribution in [0, 0.1) is 5.41 Å². The second-order valence-corrected chi connectivity index (χ2v) is 7.21. The maximum Gasteiger partial charge on any atom is 0.434 e. The highest BCUT2D eigenvalue weighted by molar-refractivity contribution is 8.13. The molecule has 122 valence electrons. The first-order valence-corrected chi connectivity index (χ1v) is 9.76. The number of thioether (sulfide) groups is 1. The summed E-state index contributed by atoms with van der Waals surface area (Å²) >= 11 is 1.13. The molecule has 2 rings (SSSR count). The van der Waals surface area contributed by atoms with Crippen molar-refractivity contribution in [1.29, 1.82) is 5.41 Å². The molecule has 0 unspecified atom stereocenters. The lowest BCUT2D eigenvalue weighted by molar-refractivity contribution is 0.187. The SMILES string of the molecule is CSC(=N)NP(=O)(OCc1ccccc1)OCc1ccccc1. The number of rotatable bonds is 7. The van der Waals surface area contributed by atoms with Crippen molar-refractivity contribution >= 4 is 24.7 Å². The molecule has 0 fully saturated rings. The Morgan fingerprint density at radius 1 is 1.00 bits per heavy atom. The molecule has 0 spiro atoms. The van der Waals surface area contributed by atoms with Crippen molar-refractivity contribution in [3.63, 3.8) is 0 Å². The summed E-state index contributed by atoms with van der Waals surface area (Å²) in [7, 11) is -3.62. The molecule has 0 aliphatic rings. The van der Waals surface area contributed by atoms with E-state index in [1.165, 1.54) is 0 Å². The predicted molar refractivity (Wildman–Crippen MR) is 94.4 cm³/mol. The molecule has 2 N–H and O–H groups in total. The first kappa shape index (κ1) is 17.8. The van der Waals surface area contributed by atoms with E-state index in [4.69, 9.17) is 14.5 Å². The first-order chi connectivity index (χ1) is 11.1. The zero-order valence-electron chi connectivity index (χ0n) is 12.8. The molecule has 0 radical (unpaired) electrons. The van der Waals surface area contributed by atoms with Crippen molar-refractivity contribution in [2.45, 2.75) is 13.2 Å². The topological polar surface area (TPSA) is 71.4 Å². The van der Waals surface area contributed by atoms with Crippen molar-refractivity contribution < 1.29 is 13.6 Å². The summed E-state index contributed by atoms with van der Waals surface area (Å²) in [5, 5.41) is 10.3. The minimum absolute atomic E-state index is 0.0365. The normalized spacial score (nSPS) is 11.2. The molecule has 2 aromatic carbocycles. The molecule has 5 nitrogen and oxygen atoms in total. The van der Waals surface area contributed by atoms with Crippen molar-refractivity contribution in [3.8, 4) is 0 Å². The van der Waals surface area contributed by atoms with Gasteiger partial charge < -0.3 is 0 Å². The van der Waals surface area contributed by atoms with Gasteiger partial charge in [0.2, 0.25) is 0 Å². The van der Waals surface area contributed by atoms with Gasteiger partial charge in [-0.05, 0) is 17.4 Å². The van der Waals surface area contributed by atoms with Gasteiger partial charge in [-0.1, -0.05) is 72.4 Å². The lowest BCUT2D eigenvalue weighted by Crippen LogP contribution is -2.19. The van der Waals surface area contributed by atoms with Gasteiger partial charge in [-0.15, -0.1) is 0 Å². The van der Waals surface area contributed by atoms with Gasteiger partial charge in [0.15, 0.2) is 5.17 Å². The van der Waals surface area contributed by atoms with Crippen LogP contribution < -0.4 is 5.09 Å². The number of amidine groups is 1. The van der Waals surface area contributed by atoms with Gasteiger partial charge in [-0.3, -0.25) is 19.5 Å². The molecule has 0 bridgehead atoms. The van der Waals surface area contributed by atoms with Crippen LogP contribution in [0.5, 0.6) is 0 Å². The molecule has 0 atom stereocenters. The molecular formula is C16H19N2O3PS. The van der Waals surface area contributed by atoms with E-state index >= 15 is 0 Å². The number of nitrogens with one attached hydrogen (secondary N) is 2. The quantitative estimate of drug-likeness (QED) is 0.439. The van der Waals surface area contributed by atoms with E-state index in [2.05, 4.69) is 5.09 Å². The average molecular weight is 350 g/mol. The van der Waals surface area contributed by atoms with Gasteiger partial charge in [0.1, 0.15) is 0 Å². The fraction of sp³-hybridized carbons (Fsp3) is 0.188. The summed E-state index contributed by atoms with van der Waals surface area (Å²) in [6, 6.07) is 18.8. The molecule has 0 aliphatic heterocycles. The van der Waals surface area contributed by atoms with E-state index < -0.39 is 7.75 Å². The molecule has 7 heteroatoms. The summed E-state index contributed by atoms with van der Waals surface area (Å²) in [6.07, 6.45) is 1.72.